The number of carbonyl (C=O) groups is 1. The van der Waals surface area contributed by atoms with Crippen molar-refractivity contribution in [3.8, 4) is 0 Å². The molecule has 10 nitrogen and oxygen atoms in total. The molecular weight excluding hydrogens is 372 g/mol. The van der Waals surface area contributed by atoms with E-state index in [1.165, 1.54) is 12.1 Å². The molecule has 146 valence electrons. The number of aryl methyl sites for hydroxylation is 1. The smallest absolute Gasteiger partial charge is 0.397 e. The van der Waals surface area contributed by atoms with Gasteiger partial charge in [-0.25, -0.2) is 8.98 Å². The van der Waals surface area contributed by atoms with Crippen LogP contribution in [0.3, 0.4) is 0 Å². The highest BCUT2D eigenvalue weighted by molar-refractivity contribution is 7.80. The molecule has 0 spiro atoms. The minimum atomic E-state index is -4.98. The van der Waals surface area contributed by atoms with Crippen molar-refractivity contribution in [1.82, 2.24) is 0 Å². The Kier molecular flexibility index (Phi) is 6.69. The van der Waals surface area contributed by atoms with Crippen LogP contribution in [0.1, 0.15) is 15.9 Å². The zero-order chi connectivity index (χ0) is 19.5. The molecule has 0 radical (unpaired) electrons. The van der Waals surface area contributed by atoms with E-state index in [0.29, 0.717) is 0 Å². The highest BCUT2D eigenvalue weighted by Crippen LogP contribution is 2.28. The number of aliphatic hydroxyl groups excluding tert-OH is 2. The van der Waals surface area contributed by atoms with E-state index in [9.17, 15) is 23.4 Å². The summed E-state index contributed by atoms with van der Waals surface area (Å²) in [4.78, 5) is 12.3. The monoisotopic (exact) mass is 392 g/mol. The van der Waals surface area contributed by atoms with E-state index in [4.69, 9.17) is 18.8 Å². The molecule has 2 rings (SSSR count). The lowest BCUT2D eigenvalue weighted by atomic mass is 9.99. The quantitative estimate of drug-likeness (QED) is 0.424. The van der Waals surface area contributed by atoms with Crippen molar-refractivity contribution >= 4 is 16.4 Å². The summed E-state index contributed by atoms with van der Waals surface area (Å²) in [6.07, 6.45) is -7.58. The summed E-state index contributed by atoms with van der Waals surface area (Å²) < 4.78 is 50.9. The summed E-state index contributed by atoms with van der Waals surface area (Å²) in [5, 5.41) is 19.6. The lowest BCUT2D eigenvalue weighted by Crippen LogP contribution is -2.61. The van der Waals surface area contributed by atoms with Gasteiger partial charge in [-0.05, 0) is 19.1 Å². The van der Waals surface area contributed by atoms with Gasteiger partial charge in [0.15, 0.2) is 18.5 Å². The number of hydrogen-bond donors (Lipinski definition) is 3. The maximum absolute atomic E-state index is 12.3. The second-order valence-corrected chi connectivity index (χ2v) is 6.72. The van der Waals surface area contributed by atoms with E-state index in [1.54, 1.807) is 12.1 Å². The molecule has 0 bridgehead atoms. The molecule has 0 aliphatic carbocycles. The molecule has 0 unspecified atom stereocenters. The van der Waals surface area contributed by atoms with Crippen LogP contribution in [-0.2, 0) is 28.8 Å². The first kappa shape index (κ1) is 20.7. The molecule has 1 aromatic rings. The number of aliphatic hydroxyl groups is 2. The number of carbonyl (C=O) groups excluding carboxylic acids is 1. The summed E-state index contributed by atoms with van der Waals surface area (Å²) in [6.45, 7) is 1.17. The Morgan fingerprint density at radius 3 is 2.35 bits per heavy atom. The molecule has 26 heavy (non-hydrogen) atoms. The fourth-order valence-corrected chi connectivity index (χ4v) is 2.97. The van der Waals surface area contributed by atoms with E-state index in [1.807, 2.05) is 6.92 Å². The molecule has 1 saturated heterocycles. The van der Waals surface area contributed by atoms with Gasteiger partial charge in [-0.3, -0.25) is 4.55 Å². The van der Waals surface area contributed by atoms with Crippen molar-refractivity contribution in [2.75, 3.05) is 13.7 Å². The highest BCUT2D eigenvalue weighted by Gasteiger charge is 2.50. The van der Waals surface area contributed by atoms with E-state index >= 15 is 0 Å². The maximum Gasteiger partial charge on any atom is 0.397 e. The Labute approximate surface area is 150 Å². The molecule has 1 aromatic carbocycles. The number of methoxy groups -OCH3 is 1. The van der Waals surface area contributed by atoms with Crippen LogP contribution >= 0.6 is 0 Å². The van der Waals surface area contributed by atoms with E-state index < -0.39 is 53.7 Å². The van der Waals surface area contributed by atoms with Crippen molar-refractivity contribution in [2.45, 2.75) is 37.6 Å². The summed E-state index contributed by atoms with van der Waals surface area (Å²) in [7, 11) is -3.83. The molecule has 0 amide bonds. The molecular formula is C15H20O10S. The lowest BCUT2D eigenvalue weighted by molar-refractivity contribution is -0.288. The second kappa shape index (κ2) is 8.39. The normalized spacial score (nSPS) is 29.3. The maximum atomic E-state index is 12.3. The van der Waals surface area contributed by atoms with Gasteiger partial charge in [-0.1, -0.05) is 17.7 Å². The predicted molar refractivity (Wildman–Crippen MR) is 85.6 cm³/mol. The van der Waals surface area contributed by atoms with Crippen LogP contribution in [0.5, 0.6) is 0 Å². The standard InChI is InChI=1S/C15H20O10S/c1-8-3-5-9(6-4-8)14(18)24-12-11(17)10(7-16)23-15(22-2)13(12)25-26(19,20)21/h3-6,10-13,15-17H,7H2,1-2H3,(H,19,20,21)/t10-,11+,12+,13+,15-/m1/s1. The Morgan fingerprint density at radius 2 is 1.85 bits per heavy atom. The van der Waals surface area contributed by atoms with Gasteiger partial charge in [0.1, 0.15) is 12.2 Å². The molecule has 0 saturated carbocycles. The van der Waals surface area contributed by atoms with Crippen LogP contribution in [0.15, 0.2) is 24.3 Å². The lowest BCUT2D eigenvalue weighted by Gasteiger charge is -2.41. The largest absolute Gasteiger partial charge is 0.453 e. The van der Waals surface area contributed by atoms with Crippen LogP contribution in [0.25, 0.3) is 0 Å². The van der Waals surface area contributed by atoms with Gasteiger partial charge < -0.3 is 24.4 Å². The third-order valence-electron chi connectivity index (χ3n) is 3.79. The highest BCUT2D eigenvalue weighted by atomic mass is 32.3. The summed E-state index contributed by atoms with van der Waals surface area (Å²) in [6, 6.07) is 6.30. The Bertz CT molecular complexity index is 716. The molecule has 5 atom stereocenters. The average molecular weight is 392 g/mol. The molecule has 1 aliphatic rings. The van der Waals surface area contributed by atoms with Crippen LogP contribution in [0.2, 0.25) is 0 Å². The Morgan fingerprint density at radius 1 is 1.23 bits per heavy atom. The first-order valence-corrected chi connectivity index (χ1v) is 8.93. The van der Waals surface area contributed by atoms with E-state index in [-0.39, 0.29) is 5.56 Å². The molecule has 3 N–H and O–H groups in total. The summed E-state index contributed by atoms with van der Waals surface area (Å²) in [5.41, 5.74) is 1.05. The molecule has 1 aliphatic heterocycles. The second-order valence-electron chi connectivity index (χ2n) is 5.68. The molecule has 11 heteroatoms. The first-order chi connectivity index (χ1) is 12.2. The molecule has 0 aromatic heterocycles. The van der Waals surface area contributed by atoms with Crippen LogP contribution in [0, 0.1) is 6.92 Å². The van der Waals surface area contributed by atoms with Gasteiger partial charge in [0.2, 0.25) is 0 Å². The number of rotatable bonds is 6. The van der Waals surface area contributed by atoms with Gasteiger partial charge in [0, 0.05) is 7.11 Å². The summed E-state index contributed by atoms with van der Waals surface area (Å²) in [5.74, 6) is -0.869. The number of esters is 1. The summed E-state index contributed by atoms with van der Waals surface area (Å²) >= 11 is 0. The molecule has 1 heterocycles. The van der Waals surface area contributed by atoms with Gasteiger partial charge in [0.25, 0.3) is 0 Å². The topological polar surface area (TPSA) is 149 Å². The van der Waals surface area contributed by atoms with Gasteiger partial charge in [0.05, 0.1) is 12.2 Å². The minimum Gasteiger partial charge on any atom is -0.453 e. The van der Waals surface area contributed by atoms with Crippen LogP contribution < -0.4 is 0 Å². The van der Waals surface area contributed by atoms with Gasteiger partial charge in [-0.15, -0.1) is 0 Å². The average Bonchev–Trinajstić information content (AvgIpc) is 2.57. The van der Waals surface area contributed by atoms with Crippen molar-refractivity contribution in [3.63, 3.8) is 0 Å². The van der Waals surface area contributed by atoms with Crippen LogP contribution in [0.4, 0.5) is 0 Å². The third kappa shape index (κ3) is 4.98. The van der Waals surface area contributed by atoms with Crippen molar-refractivity contribution in [2.24, 2.45) is 0 Å². The van der Waals surface area contributed by atoms with E-state index in [2.05, 4.69) is 4.18 Å². The van der Waals surface area contributed by atoms with Crippen molar-refractivity contribution in [1.29, 1.82) is 0 Å². The SMILES string of the molecule is CO[C@@H]1O[C@H](CO)[C@H](O)[C@H](OC(=O)c2ccc(C)cc2)[C@@H]1OS(=O)(=O)O. The molecule has 1 fully saturated rings. The van der Waals surface area contributed by atoms with Crippen LogP contribution in [-0.4, -0.2) is 73.6 Å². The fourth-order valence-electron chi connectivity index (χ4n) is 2.49. The van der Waals surface area contributed by atoms with Gasteiger partial charge >= 0.3 is 16.4 Å². The Balaban J connectivity index is 2.30. The number of hydrogen-bond acceptors (Lipinski definition) is 9. The minimum absolute atomic E-state index is 0.148. The Hall–Kier alpha value is -1.60. The third-order valence-corrected chi connectivity index (χ3v) is 4.26. The van der Waals surface area contributed by atoms with Gasteiger partial charge in [-0.2, -0.15) is 8.42 Å². The van der Waals surface area contributed by atoms with Crippen molar-refractivity contribution < 1.29 is 46.4 Å². The first-order valence-electron chi connectivity index (χ1n) is 7.56. The fraction of sp³-hybridized carbons (Fsp3) is 0.533. The van der Waals surface area contributed by atoms with E-state index in [0.717, 1.165) is 12.7 Å². The number of ether oxygens (including phenoxy) is 3. The zero-order valence-corrected chi connectivity index (χ0v) is 14.8. The zero-order valence-electron chi connectivity index (χ0n) is 14.0. The van der Waals surface area contributed by atoms with Crippen molar-refractivity contribution in [3.05, 3.63) is 35.4 Å². The number of benzene rings is 1. The predicted octanol–water partition coefficient (Wildman–Crippen LogP) is -0.567.